The Bertz CT molecular complexity index is 342. The summed E-state index contributed by atoms with van der Waals surface area (Å²) in [6, 6.07) is 2.38. The first-order valence-corrected chi connectivity index (χ1v) is 6.63. The maximum Gasteiger partial charge on any atom is 0.137 e. The van der Waals surface area contributed by atoms with Gasteiger partial charge in [0.2, 0.25) is 0 Å². The van der Waals surface area contributed by atoms with Crippen LogP contribution >= 0.6 is 0 Å². The van der Waals surface area contributed by atoms with Crippen LogP contribution in [0.15, 0.2) is 18.5 Å². The molecule has 1 unspecified atom stereocenters. The fourth-order valence-corrected chi connectivity index (χ4v) is 1.84. The molecular weight excluding hydrogens is 226 g/mol. The van der Waals surface area contributed by atoms with Crippen LogP contribution in [-0.2, 0) is 0 Å². The molecule has 1 rings (SSSR count). The molecule has 0 saturated heterocycles. The first kappa shape index (κ1) is 14.9. The highest BCUT2D eigenvalue weighted by atomic mass is 16.5. The molecule has 0 aliphatic carbocycles. The maximum atomic E-state index is 5.50. The van der Waals surface area contributed by atoms with E-state index in [0.29, 0.717) is 12.6 Å². The molecule has 0 fully saturated rings. The Morgan fingerprint density at radius 2 is 2.11 bits per heavy atom. The zero-order valence-electron chi connectivity index (χ0n) is 11.9. The Kier molecular flexibility index (Phi) is 6.68. The Morgan fingerprint density at radius 1 is 1.33 bits per heavy atom. The van der Waals surface area contributed by atoms with Crippen LogP contribution in [0.5, 0.6) is 5.75 Å². The number of pyridine rings is 1. The topological polar surface area (TPSA) is 37.4 Å². The highest BCUT2D eigenvalue weighted by molar-refractivity contribution is 5.26. The summed E-state index contributed by atoms with van der Waals surface area (Å²) >= 11 is 0. The van der Waals surface area contributed by atoms with E-state index in [2.05, 4.69) is 42.3 Å². The average Bonchev–Trinajstić information content (AvgIpc) is 2.35. The molecule has 1 aromatic heterocycles. The number of hydrogen-bond donors (Lipinski definition) is 1. The summed E-state index contributed by atoms with van der Waals surface area (Å²) in [7, 11) is 4.17. The Morgan fingerprint density at radius 3 is 2.72 bits per heavy atom. The quantitative estimate of drug-likeness (QED) is 0.767. The van der Waals surface area contributed by atoms with Gasteiger partial charge in [-0.15, -0.1) is 0 Å². The minimum Gasteiger partial charge on any atom is -0.492 e. The first-order valence-electron chi connectivity index (χ1n) is 6.63. The molecule has 0 aliphatic heterocycles. The zero-order valence-corrected chi connectivity index (χ0v) is 11.9. The van der Waals surface area contributed by atoms with Crippen molar-refractivity contribution in [2.75, 3.05) is 33.8 Å². The monoisotopic (exact) mass is 251 g/mol. The van der Waals surface area contributed by atoms with Crippen molar-refractivity contribution in [1.29, 1.82) is 0 Å². The molecule has 1 N–H and O–H groups in total. The highest BCUT2D eigenvalue weighted by Crippen LogP contribution is 2.18. The Balaban J connectivity index is 2.78. The lowest BCUT2D eigenvalue weighted by atomic mass is 10.1. The molecule has 0 bridgehead atoms. The smallest absolute Gasteiger partial charge is 0.137 e. The second kappa shape index (κ2) is 8.06. The van der Waals surface area contributed by atoms with E-state index in [1.807, 2.05) is 13.1 Å². The average molecular weight is 251 g/mol. The molecular formula is C14H25N3O. The van der Waals surface area contributed by atoms with Crippen LogP contribution in [0.25, 0.3) is 0 Å². The summed E-state index contributed by atoms with van der Waals surface area (Å²) < 4.78 is 5.50. The molecule has 0 radical (unpaired) electrons. The van der Waals surface area contributed by atoms with Gasteiger partial charge < -0.3 is 15.0 Å². The summed E-state index contributed by atoms with van der Waals surface area (Å²) in [6.07, 6.45) is 4.81. The molecule has 1 aromatic rings. The fraction of sp³-hybridized carbons (Fsp3) is 0.643. The van der Waals surface area contributed by atoms with Crippen LogP contribution in [-0.4, -0.2) is 43.7 Å². The van der Waals surface area contributed by atoms with Crippen LogP contribution in [0, 0.1) is 0 Å². The van der Waals surface area contributed by atoms with Crippen molar-refractivity contribution >= 4 is 0 Å². The molecule has 1 atom stereocenters. The summed E-state index contributed by atoms with van der Waals surface area (Å²) in [6.45, 7) is 6.80. The molecule has 0 amide bonds. The van der Waals surface area contributed by atoms with Gasteiger partial charge in [0, 0.05) is 18.8 Å². The van der Waals surface area contributed by atoms with Crippen molar-refractivity contribution in [2.45, 2.75) is 26.3 Å². The molecule has 0 aromatic carbocycles. The molecule has 4 nitrogen and oxygen atoms in total. The summed E-state index contributed by atoms with van der Waals surface area (Å²) in [5, 5.41) is 3.55. The SMILES string of the molecule is CCCNC(CN(C)C)c1cncc(OCC)c1. The van der Waals surface area contributed by atoms with E-state index in [0.717, 1.165) is 25.3 Å². The predicted molar refractivity (Wildman–Crippen MR) is 75.0 cm³/mol. The van der Waals surface area contributed by atoms with Gasteiger partial charge in [-0.25, -0.2) is 0 Å². The number of hydrogen-bond acceptors (Lipinski definition) is 4. The van der Waals surface area contributed by atoms with Crippen molar-refractivity contribution < 1.29 is 4.74 Å². The van der Waals surface area contributed by atoms with Gasteiger partial charge in [-0.05, 0) is 45.6 Å². The maximum absolute atomic E-state index is 5.50. The first-order chi connectivity index (χ1) is 8.67. The molecule has 0 saturated carbocycles. The molecule has 0 spiro atoms. The second-order valence-corrected chi connectivity index (χ2v) is 4.66. The van der Waals surface area contributed by atoms with Gasteiger partial charge >= 0.3 is 0 Å². The number of nitrogens with zero attached hydrogens (tertiary/aromatic N) is 2. The Hall–Kier alpha value is -1.13. The van der Waals surface area contributed by atoms with Gasteiger partial charge in [0.25, 0.3) is 0 Å². The number of ether oxygens (including phenoxy) is 1. The number of nitrogens with one attached hydrogen (secondary N) is 1. The van der Waals surface area contributed by atoms with Gasteiger partial charge in [-0.3, -0.25) is 4.98 Å². The van der Waals surface area contributed by atoms with Crippen LogP contribution < -0.4 is 10.1 Å². The second-order valence-electron chi connectivity index (χ2n) is 4.66. The summed E-state index contributed by atoms with van der Waals surface area (Å²) in [4.78, 5) is 6.44. The van der Waals surface area contributed by atoms with E-state index in [1.165, 1.54) is 5.56 Å². The van der Waals surface area contributed by atoms with Crippen LogP contribution in [0.1, 0.15) is 31.9 Å². The minimum absolute atomic E-state index is 0.299. The molecule has 1 heterocycles. The van der Waals surface area contributed by atoms with Gasteiger partial charge in [-0.1, -0.05) is 6.92 Å². The Labute approximate surface area is 110 Å². The number of rotatable bonds is 8. The van der Waals surface area contributed by atoms with E-state index < -0.39 is 0 Å². The normalized spacial score (nSPS) is 12.7. The van der Waals surface area contributed by atoms with Crippen molar-refractivity contribution in [3.63, 3.8) is 0 Å². The molecule has 0 aliphatic rings. The molecule has 18 heavy (non-hydrogen) atoms. The van der Waals surface area contributed by atoms with E-state index in [9.17, 15) is 0 Å². The molecule has 102 valence electrons. The molecule has 4 heteroatoms. The lowest BCUT2D eigenvalue weighted by molar-refractivity contribution is 0.330. The van der Waals surface area contributed by atoms with E-state index >= 15 is 0 Å². The lowest BCUT2D eigenvalue weighted by Crippen LogP contribution is -2.31. The number of aromatic nitrogens is 1. The lowest BCUT2D eigenvalue weighted by Gasteiger charge is -2.22. The van der Waals surface area contributed by atoms with Crippen LogP contribution in [0.3, 0.4) is 0 Å². The van der Waals surface area contributed by atoms with Crippen LogP contribution in [0.2, 0.25) is 0 Å². The van der Waals surface area contributed by atoms with Crippen molar-refractivity contribution in [3.8, 4) is 5.75 Å². The third-order valence-corrected chi connectivity index (χ3v) is 2.64. The summed E-state index contributed by atoms with van der Waals surface area (Å²) in [5.41, 5.74) is 1.18. The third-order valence-electron chi connectivity index (χ3n) is 2.64. The third kappa shape index (κ3) is 5.02. The van der Waals surface area contributed by atoms with E-state index in [4.69, 9.17) is 4.74 Å². The standard InChI is InChI=1S/C14H25N3O/c1-5-7-16-14(11-17(3)4)12-8-13(18-6-2)10-15-9-12/h8-10,14,16H,5-7,11H2,1-4H3. The van der Waals surface area contributed by atoms with Crippen molar-refractivity contribution in [2.24, 2.45) is 0 Å². The predicted octanol–water partition coefficient (Wildman–Crippen LogP) is 2.08. The summed E-state index contributed by atoms with van der Waals surface area (Å²) in [5.74, 6) is 0.844. The fourth-order valence-electron chi connectivity index (χ4n) is 1.84. The number of likely N-dealkylation sites (N-methyl/N-ethyl adjacent to an activating group) is 1. The minimum atomic E-state index is 0.299. The highest BCUT2D eigenvalue weighted by Gasteiger charge is 2.12. The van der Waals surface area contributed by atoms with Gasteiger partial charge in [-0.2, -0.15) is 0 Å². The van der Waals surface area contributed by atoms with Gasteiger partial charge in [0.05, 0.1) is 12.8 Å². The zero-order chi connectivity index (χ0) is 13.4. The van der Waals surface area contributed by atoms with Crippen molar-refractivity contribution in [3.05, 3.63) is 24.0 Å². The van der Waals surface area contributed by atoms with Crippen LogP contribution in [0.4, 0.5) is 0 Å². The van der Waals surface area contributed by atoms with Gasteiger partial charge in [0.15, 0.2) is 0 Å². The van der Waals surface area contributed by atoms with Crippen molar-refractivity contribution in [1.82, 2.24) is 15.2 Å². The largest absolute Gasteiger partial charge is 0.492 e. The van der Waals surface area contributed by atoms with E-state index in [-0.39, 0.29) is 0 Å². The van der Waals surface area contributed by atoms with Gasteiger partial charge in [0.1, 0.15) is 5.75 Å². The van der Waals surface area contributed by atoms with E-state index in [1.54, 1.807) is 6.20 Å².